The second kappa shape index (κ2) is 7.40. The lowest BCUT2D eigenvalue weighted by Gasteiger charge is -2.01. The zero-order valence-electron chi connectivity index (χ0n) is 13.7. The summed E-state index contributed by atoms with van der Waals surface area (Å²) >= 11 is 0.999. The molecule has 7 nitrogen and oxygen atoms in total. The van der Waals surface area contributed by atoms with E-state index in [0.717, 1.165) is 17.3 Å². The Kier molecular flexibility index (Phi) is 5.04. The molecule has 1 aromatic heterocycles. The minimum atomic E-state index is -0.966. The molecule has 0 spiro atoms. The summed E-state index contributed by atoms with van der Waals surface area (Å²) in [5.74, 6) is -0.530. The van der Waals surface area contributed by atoms with Gasteiger partial charge in [0.25, 0.3) is 10.9 Å². The Bertz CT molecular complexity index is 938. The van der Waals surface area contributed by atoms with Crippen LogP contribution in [0.5, 0.6) is 0 Å². The summed E-state index contributed by atoms with van der Waals surface area (Å²) in [4.78, 5) is 25.9. The van der Waals surface area contributed by atoms with E-state index >= 15 is 0 Å². The topological polar surface area (TPSA) is 106 Å². The Morgan fingerprint density at radius 3 is 2.38 bits per heavy atom. The number of hydrogen-bond acceptors (Lipinski definition) is 6. The zero-order valence-corrected chi connectivity index (χ0v) is 14.5. The molecule has 1 heterocycles. The van der Waals surface area contributed by atoms with Gasteiger partial charge in [0.05, 0.1) is 4.92 Å². The van der Waals surface area contributed by atoms with Crippen LogP contribution in [0.25, 0.3) is 22.6 Å². The van der Waals surface area contributed by atoms with Gasteiger partial charge in [-0.25, -0.2) is 4.98 Å². The number of nitro groups is 1. The molecule has 0 aliphatic rings. The minimum absolute atomic E-state index is 0.0244. The monoisotopic (exact) mass is 370 g/mol. The lowest BCUT2D eigenvalue weighted by atomic mass is 10.1. The lowest BCUT2D eigenvalue weighted by molar-refractivity contribution is -0.384. The molecule has 132 valence electrons. The molecule has 1 atom stereocenters. The quantitative estimate of drug-likeness (QED) is 0.387. The Morgan fingerprint density at radius 2 is 1.81 bits per heavy atom. The standard InChI is InChI=1S/C18H14N2O5S/c1-11(17(21)22)26-18-19-15(12-5-3-2-4-6-12)16(25-18)13-7-9-14(10-8-13)20(23)24/h2-11H,1H3,(H,21,22). The van der Waals surface area contributed by atoms with Gasteiger partial charge in [-0.05, 0) is 19.1 Å². The van der Waals surface area contributed by atoms with Crippen LogP contribution in [0.3, 0.4) is 0 Å². The first-order chi connectivity index (χ1) is 12.5. The van der Waals surface area contributed by atoms with E-state index in [-0.39, 0.29) is 10.9 Å². The molecule has 0 fully saturated rings. The first-order valence-electron chi connectivity index (χ1n) is 7.66. The van der Waals surface area contributed by atoms with Crippen LogP contribution >= 0.6 is 11.8 Å². The van der Waals surface area contributed by atoms with Gasteiger partial charge in [0.2, 0.25) is 0 Å². The van der Waals surface area contributed by atoms with Gasteiger partial charge in [-0.3, -0.25) is 14.9 Å². The Balaban J connectivity index is 2.05. The zero-order chi connectivity index (χ0) is 18.7. The van der Waals surface area contributed by atoms with Crippen molar-refractivity contribution >= 4 is 23.4 Å². The Morgan fingerprint density at radius 1 is 1.15 bits per heavy atom. The number of non-ortho nitro benzene ring substituents is 1. The van der Waals surface area contributed by atoms with Gasteiger partial charge >= 0.3 is 5.97 Å². The molecular formula is C18H14N2O5S. The molecule has 0 saturated heterocycles. The third-order valence-electron chi connectivity index (χ3n) is 3.62. The molecule has 0 saturated carbocycles. The maximum Gasteiger partial charge on any atom is 0.316 e. The van der Waals surface area contributed by atoms with E-state index in [4.69, 9.17) is 9.52 Å². The highest BCUT2D eigenvalue weighted by atomic mass is 32.2. The molecule has 8 heteroatoms. The average Bonchev–Trinajstić information content (AvgIpc) is 3.06. The number of oxazole rings is 1. The van der Waals surface area contributed by atoms with Crippen LogP contribution < -0.4 is 0 Å². The first-order valence-corrected chi connectivity index (χ1v) is 8.54. The molecule has 26 heavy (non-hydrogen) atoms. The highest BCUT2D eigenvalue weighted by Crippen LogP contribution is 2.37. The third kappa shape index (κ3) is 3.75. The lowest BCUT2D eigenvalue weighted by Crippen LogP contribution is -2.10. The molecule has 0 aliphatic carbocycles. The average molecular weight is 370 g/mol. The predicted octanol–water partition coefficient (Wildman–Crippen LogP) is 4.48. The van der Waals surface area contributed by atoms with E-state index in [0.29, 0.717) is 17.0 Å². The van der Waals surface area contributed by atoms with Crippen molar-refractivity contribution in [3.63, 3.8) is 0 Å². The van der Waals surface area contributed by atoms with Gasteiger partial charge < -0.3 is 9.52 Å². The number of aliphatic carboxylic acids is 1. The van der Waals surface area contributed by atoms with Gasteiger partial charge in [-0.1, -0.05) is 42.1 Å². The van der Waals surface area contributed by atoms with Crippen molar-refractivity contribution < 1.29 is 19.2 Å². The largest absolute Gasteiger partial charge is 0.480 e. The molecule has 0 amide bonds. The van der Waals surface area contributed by atoms with Gasteiger partial charge in [-0.2, -0.15) is 0 Å². The fraction of sp³-hybridized carbons (Fsp3) is 0.111. The molecule has 3 aromatic rings. The Hall–Kier alpha value is -3.13. The number of carbonyl (C=O) groups is 1. The number of carboxylic acids is 1. The summed E-state index contributed by atoms with van der Waals surface area (Å²) < 4.78 is 5.80. The molecule has 3 rings (SSSR count). The second-order valence-corrected chi connectivity index (χ2v) is 6.72. The summed E-state index contributed by atoms with van der Waals surface area (Å²) in [6, 6.07) is 15.3. The minimum Gasteiger partial charge on any atom is -0.480 e. The number of nitro benzene ring substituents is 1. The summed E-state index contributed by atoms with van der Waals surface area (Å²) in [6.07, 6.45) is 0. The van der Waals surface area contributed by atoms with Crippen LogP contribution in [0.1, 0.15) is 6.92 Å². The summed E-state index contributed by atoms with van der Waals surface area (Å²) in [7, 11) is 0. The first kappa shape index (κ1) is 17.7. The summed E-state index contributed by atoms with van der Waals surface area (Å²) in [6.45, 7) is 1.55. The van der Waals surface area contributed by atoms with E-state index in [2.05, 4.69) is 4.98 Å². The molecule has 1 N–H and O–H groups in total. The van der Waals surface area contributed by atoms with Crippen LogP contribution in [-0.2, 0) is 4.79 Å². The fourth-order valence-corrected chi connectivity index (χ4v) is 2.95. The number of aromatic nitrogens is 1. The van der Waals surface area contributed by atoms with Crippen molar-refractivity contribution in [1.82, 2.24) is 4.98 Å². The van der Waals surface area contributed by atoms with Crippen molar-refractivity contribution in [1.29, 1.82) is 0 Å². The fourth-order valence-electron chi connectivity index (χ4n) is 2.27. The molecule has 2 aromatic carbocycles. The maximum absolute atomic E-state index is 11.1. The third-order valence-corrected chi connectivity index (χ3v) is 4.55. The van der Waals surface area contributed by atoms with E-state index in [1.54, 1.807) is 19.1 Å². The van der Waals surface area contributed by atoms with E-state index in [1.807, 2.05) is 30.3 Å². The van der Waals surface area contributed by atoms with Crippen LogP contribution in [0.15, 0.2) is 64.2 Å². The van der Waals surface area contributed by atoms with Gasteiger partial charge in [0.15, 0.2) is 5.76 Å². The van der Waals surface area contributed by atoms with Gasteiger partial charge in [0, 0.05) is 23.3 Å². The van der Waals surface area contributed by atoms with Crippen molar-refractivity contribution in [3.05, 3.63) is 64.7 Å². The summed E-state index contributed by atoms with van der Waals surface area (Å²) in [5.41, 5.74) is 1.96. The van der Waals surface area contributed by atoms with E-state index in [1.165, 1.54) is 12.1 Å². The van der Waals surface area contributed by atoms with Crippen LogP contribution in [-0.4, -0.2) is 26.2 Å². The van der Waals surface area contributed by atoms with Crippen molar-refractivity contribution in [3.8, 4) is 22.6 Å². The molecule has 0 aliphatic heterocycles. The highest BCUT2D eigenvalue weighted by molar-refractivity contribution is 8.00. The van der Waals surface area contributed by atoms with Crippen LogP contribution in [0, 0.1) is 10.1 Å². The van der Waals surface area contributed by atoms with Crippen molar-refractivity contribution in [2.45, 2.75) is 17.4 Å². The van der Waals surface area contributed by atoms with E-state index < -0.39 is 16.1 Å². The number of thioether (sulfide) groups is 1. The number of nitrogens with zero attached hydrogens (tertiary/aromatic N) is 2. The van der Waals surface area contributed by atoms with Crippen molar-refractivity contribution in [2.24, 2.45) is 0 Å². The smallest absolute Gasteiger partial charge is 0.316 e. The van der Waals surface area contributed by atoms with Crippen LogP contribution in [0.4, 0.5) is 5.69 Å². The van der Waals surface area contributed by atoms with Gasteiger partial charge in [0.1, 0.15) is 10.9 Å². The van der Waals surface area contributed by atoms with E-state index in [9.17, 15) is 14.9 Å². The van der Waals surface area contributed by atoms with Crippen molar-refractivity contribution in [2.75, 3.05) is 0 Å². The molecular weight excluding hydrogens is 356 g/mol. The summed E-state index contributed by atoms with van der Waals surface area (Å²) in [5, 5.41) is 19.4. The highest BCUT2D eigenvalue weighted by Gasteiger charge is 2.21. The molecule has 0 radical (unpaired) electrons. The normalized spacial score (nSPS) is 11.9. The number of hydrogen-bond donors (Lipinski definition) is 1. The molecule has 1 unspecified atom stereocenters. The Labute approximate surface area is 152 Å². The van der Waals surface area contributed by atoms with Gasteiger partial charge in [-0.15, -0.1) is 0 Å². The second-order valence-electron chi connectivity index (χ2n) is 5.43. The molecule has 0 bridgehead atoms. The van der Waals surface area contributed by atoms with Crippen LogP contribution in [0.2, 0.25) is 0 Å². The number of benzene rings is 2. The SMILES string of the molecule is CC(Sc1nc(-c2ccccc2)c(-c2ccc([N+](=O)[O-])cc2)o1)C(=O)O. The number of carboxylic acid groups (broad SMARTS) is 1. The number of rotatable bonds is 6. The maximum atomic E-state index is 11.1. The predicted molar refractivity (Wildman–Crippen MR) is 97.0 cm³/mol.